The number of sulfonamides is 1. The van der Waals surface area contributed by atoms with Crippen LogP contribution in [0.1, 0.15) is 5.56 Å². The van der Waals surface area contributed by atoms with Gasteiger partial charge in [-0.2, -0.15) is 13.5 Å². The van der Waals surface area contributed by atoms with Gasteiger partial charge in [0.15, 0.2) is 11.5 Å². The van der Waals surface area contributed by atoms with Crippen molar-refractivity contribution in [2.24, 2.45) is 5.10 Å². The van der Waals surface area contributed by atoms with Crippen molar-refractivity contribution in [3.8, 4) is 11.5 Å². The molecule has 2 aromatic carbocycles. The van der Waals surface area contributed by atoms with E-state index in [0.29, 0.717) is 11.5 Å². The minimum absolute atomic E-state index is 0.0292. The molecule has 2 aromatic rings. The molecular weight excluding hydrogens is 384 g/mol. The largest absolute Gasteiger partial charge is 0.493 e. The minimum Gasteiger partial charge on any atom is -0.493 e. The van der Waals surface area contributed by atoms with Gasteiger partial charge in [-0.1, -0.05) is 28.1 Å². The van der Waals surface area contributed by atoms with Gasteiger partial charge in [-0.05, 0) is 29.8 Å². The van der Waals surface area contributed by atoms with E-state index >= 15 is 0 Å². The van der Waals surface area contributed by atoms with Crippen molar-refractivity contribution in [1.82, 2.24) is 4.83 Å². The summed E-state index contributed by atoms with van der Waals surface area (Å²) in [5, 5.41) is 3.77. The zero-order chi connectivity index (χ0) is 16.9. The number of benzene rings is 2. The summed E-state index contributed by atoms with van der Waals surface area (Å²) in [6.07, 6.45) is 1.42. The van der Waals surface area contributed by atoms with E-state index in [2.05, 4.69) is 25.9 Å². The van der Waals surface area contributed by atoms with Gasteiger partial charge in [-0.25, -0.2) is 4.83 Å². The molecule has 1 N–H and O–H groups in total. The van der Waals surface area contributed by atoms with E-state index in [1.807, 2.05) is 18.2 Å². The number of methoxy groups -OCH3 is 2. The second-order valence-electron chi connectivity index (χ2n) is 4.42. The van der Waals surface area contributed by atoms with E-state index in [1.165, 1.54) is 38.6 Å². The molecule has 0 atom stereocenters. The van der Waals surface area contributed by atoms with Crippen LogP contribution in [0.15, 0.2) is 56.9 Å². The molecule has 0 spiro atoms. The highest BCUT2D eigenvalue weighted by Gasteiger charge is 2.16. The van der Waals surface area contributed by atoms with Crippen LogP contribution < -0.4 is 14.3 Å². The number of hydrazone groups is 1. The van der Waals surface area contributed by atoms with Crippen molar-refractivity contribution in [1.29, 1.82) is 0 Å². The average molecular weight is 399 g/mol. The lowest BCUT2D eigenvalue weighted by atomic mass is 10.2. The van der Waals surface area contributed by atoms with Crippen LogP contribution in [0, 0.1) is 0 Å². The fraction of sp³-hybridized carbons (Fsp3) is 0.133. The number of rotatable bonds is 6. The molecule has 0 saturated heterocycles. The van der Waals surface area contributed by atoms with Crippen molar-refractivity contribution in [3.05, 3.63) is 52.5 Å². The Morgan fingerprint density at radius 3 is 2.48 bits per heavy atom. The quantitative estimate of drug-likeness (QED) is 0.599. The molecule has 122 valence electrons. The molecule has 0 aromatic heterocycles. The first kappa shape index (κ1) is 17.3. The molecule has 0 aliphatic heterocycles. The first-order chi connectivity index (χ1) is 11.0. The minimum atomic E-state index is -3.79. The molecule has 0 radical (unpaired) electrons. The monoisotopic (exact) mass is 398 g/mol. The van der Waals surface area contributed by atoms with Crippen LogP contribution in [0.4, 0.5) is 0 Å². The highest BCUT2D eigenvalue weighted by molar-refractivity contribution is 9.10. The van der Waals surface area contributed by atoms with E-state index in [0.717, 1.165) is 10.0 Å². The molecule has 0 aliphatic rings. The maximum Gasteiger partial charge on any atom is 0.276 e. The van der Waals surface area contributed by atoms with Crippen LogP contribution in [0.25, 0.3) is 0 Å². The van der Waals surface area contributed by atoms with Gasteiger partial charge in [0, 0.05) is 10.5 Å². The summed E-state index contributed by atoms with van der Waals surface area (Å²) in [5.74, 6) is 0.774. The van der Waals surface area contributed by atoms with Crippen molar-refractivity contribution in [3.63, 3.8) is 0 Å². The van der Waals surface area contributed by atoms with Crippen LogP contribution in [0.2, 0.25) is 0 Å². The summed E-state index contributed by atoms with van der Waals surface area (Å²) in [6, 6.07) is 11.6. The maximum atomic E-state index is 12.2. The Bertz CT molecular complexity index is 822. The van der Waals surface area contributed by atoms with Crippen LogP contribution in [0.5, 0.6) is 11.5 Å². The number of ether oxygens (including phenoxy) is 2. The smallest absolute Gasteiger partial charge is 0.276 e. The third kappa shape index (κ3) is 4.46. The molecule has 8 heteroatoms. The Labute approximate surface area is 143 Å². The van der Waals surface area contributed by atoms with E-state index in [1.54, 1.807) is 6.07 Å². The van der Waals surface area contributed by atoms with Crippen LogP contribution in [0.3, 0.4) is 0 Å². The summed E-state index contributed by atoms with van der Waals surface area (Å²) in [6.45, 7) is 0. The lowest BCUT2D eigenvalue weighted by Crippen LogP contribution is -2.18. The van der Waals surface area contributed by atoms with Gasteiger partial charge in [0.2, 0.25) is 0 Å². The topological polar surface area (TPSA) is 77.0 Å². The Morgan fingerprint density at radius 1 is 1.09 bits per heavy atom. The van der Waals surface area contributed by atoms with E-state index in [-0.39, 0.29) is 4.90 Å². The summed E-state index contributed by atoms with van der Waals surface area (Å²) < 4.78 is 35.5. The van der Waals surface area contributed by atoms with Crippen molar-refractivity contribution in [2.45, 2.75) is 4.90 Å². The van der Waals surface area contributed by atoms with Gasteiger partial charge in [0.25, 0.3) is 10.0 Å². The van der Waals surface area contributed by atoms with E-state index < -0.39 is 10.0 Å². The molecule has 0 amide bonds. The highest BCUT2D eigenvalue weighted by Crippen LogP contribution is 2.29. The molecular formula is C15H15BrN2O4S. The molecule has 0 bridgehead atoms. The molecule has 6 nitrogen and oxygen atoms in total. The van der Waals surface area contributed by atoms with Gasteiger partial charge in [0.05, 0.1) is 25.3 Å². The molecule has 2 rings (SSSR count). The highest BCUT2D eigenvalue weighted by atomic mass is 79.9. The van der Waals surface area contributed by atoms with Gasteiger partial charge in [0.1, 0.15) is 0 Å². The molecule has 0 saturated carbocycles. The zero-order valence-electron chi connectivity index (χ0n) is 12.5. The Kier molecular flexibility index (Phi) is 5.62. The lowest BCUT2D eigenvalue weighted by Gasteiger charge is -2.09. The van der Waals surface area contributed by atoms with Gasteiger partial charge >= 0.3 is 0 Å². The normalized spacial score (nSPS) is 11.4. The predicted molar refractivity (Wildman–Crippen MR) is 91.6 cm³/mol. The van der Waals surface area contributed by atoms with Gasteiger partial charge in [-0.15, -0.1) is 0 Å². The number of nitrogens with zero attached hydrogens (tertiary/aromatic N) is 1. The maximum absolute atomic E-state index is 12.2. The Hall–Kier alpha value is -2.06. The number of halogens is 1. The first-order valence-corrected chi connectivity index (χ1v) is 8.76. The summed E-state index contributed by atoms with van der Waals surface area (Å²) in [4.78, 5) is 2.19. The number of hydrogen-bond acceptors (Lipinski definition) is 5. The molecule has 0 heterocycles. The van der Waals surface area contributed by atoms with Gasteiger partial charge in [-0.3, -0.25) is 0 Å². The predicted octanol–water partition coefficient (Wildman–Crippen LogP) is 2.78. The second-order valence-corrected chi connectivity index (χ2v) is 7.00. The molecule has 0 aliphatic carbocycles. The third-order valence-corrected chi connectivity index (χ3v) is 4.61. The van der Waals surface area contributed by atoms with Crippen LogP contribution in [-0.2, 0) is 10.0 Å². The van der Waals surface area contributed by atoms with Crippen molar-refractivity contribution in [2.75, 3.05) is 14.2 Å². The van der Waals surface area contributed by atoms with Crippen molar-refractivity contribution >= 4 is 32.2 Å². The number of nitrogens with one attached hydrogen (secondary N) is 1. The van der Waals surface area contributed by atoms with Crippen LogP contribution in [-0.4, -0.2) is 28.9 Å². The molecule has 0 unspecified atom stereocenters. The second kappa shape index (κ2) is 7.47. The first-order valence-electron chi connectivity index (χ1n) is 6.49. The van der Waals surface area contributed by atoms with E-state index in [4.69, 9.17) is 9.47 Å². The number of hydrogen-bond donors (Lipinski definition) is 1. The third-order valence-electron chi connectivity index (χ3n) is 2.90. The Morgan fingerprint density at radius 2 is 1.83 bits per heavy atom. The standard InChI is InChI=1S/C15H15BrN2O4S/c1-21-14-7-6-13(9-15(14)22-2)23(19,20)18-17-10-11-4-3-5-12(16)8-11/h3-10,18H,1-2H3/b17-10+. The zero-order valence-corrected chi connectivity index (χ0v) is 14.9. The molecule has 0 fully saturated rings. The van der Waals surface area contributed by atoms with Gasteiger partial charge < -0.3 is 9.47 Å². The Balaban J connectivity index is 2.19. The van der Waals surface area contributed by atoms with E-state index in [9.17, 15) is 8.42 Å². The fourth-order valence-electron chi connectivity index (χ4n) is 1.79. The summed E-state index contributed by atoms with van der Waals surface area (Å²) in [5.41, 5.74) is 0.759. The average Bonchev–Trinajstić information content (AvgIpc) is 2.54. The fourth-order valence-corrected chi connectivity index (χ4v) is 3.02. The summed E-state index contributed by atoms with van der Waals surface area (Å²) in [7, 11) is -0.877. The SMILES string of the molecule is COc1ccc(S(=O)(=O)N/N=C/c2cccc(Br)c2)cc1OC. The lowest BCUT2D eigenvalue weighted by molar-refractivity contribution is 0.354. The van der Waals surface area contributed by atoms with Crippen molar-refractivity contribution < 1.29 is 17.9 Å². The van der Waals surface area contributed by atoms with Crippen LogP contribution >= 0.6 is 15.9 Å². The summed E-state index contributed by atoms with van der Waals surface area (Å²) >= 11 is 3.33. The molecule has 23 heavy (non-hydrogen) atoms.